The summed E-state index contributed by atoms with van der Waals surface area (Å²) < 4.78 is 0. The van der Waals surface area contributed by atoms with Crippen molar-refractivity contribution < 1.29 is 29.8 Å². The van der Waals surface area contributed by atoms with E-state index in [0.717, 1.165) is 18.2 Å². The number of nitro benzene ring substituents is 1. The predicted molar refractivity (Wildman–Crippen MR) is 85.9 cm³/mol. The topological polar surface area (TPSA) is 188 Å². The Morgan fingerprint density at radius 3 is 1.80 bits per heavy atom. The van der Waals surface area contributed by atoms with Gasteiger partial charge in [0.25, 0.3) is 17.5 Å². The molecule has 1 unspecified atom stereocenters. The third-order valence-electron chi connectivity index (χ3n) is 3.27. The molecular formula is C14H20N4O7. The summed E-state index contributed by atoms with van der Waals surface area (Å²) in [6.45, 7) is -1.52. The Balaban J connectivity index is 3.14. The first kappa shape index (κ1) is 20.4. The average Bonchev–Trinajstić information content (AvgIpc) is 2.63. The van der Waals surface area contributed by atoms with Gasteiger partial charge in [-0.15, -0.1) is 0 Å². The van der Waals surface area contributed by atoms with Crippen molar-refractivity contribution in [2.75, 3.05) is 26.4 Å². The SMILES string of the molecule is NCC(CO)NC(=O)c1cc(C(=O)NC(CO)CO)cc([N+](=O)[O-])c1. The zero-order valence-corrected chi connectivity index (χ0v) is 13.2. The van der Waals surface area contributed by atoms with Crippen molar-refractivity contribution in [1.82, 2.24) is 10.6 Å². The zero-order chi connectivity index (χ0) is 19.0. The molecule has 0 fully saturated rings. The summed E-state index contributed by atoms with van der Waals surface area (Å²) in [5.74, 6) is -1.55. The number of carbonyl (C=O) groups is 2. The summed E-state index contributed by atoms with van der Waals surface area (Å²) in [5.41, 5.74) is 4.50. The Labute approximate surface area is 142 Å². The smallest absolute Gasteiger partial charge is 0.271 e. The molecule has 0 heterocycles. The van der Waals surface area contributed by atoms with E-state index in [1.165, 1.54) is 0 Å². The summed E-state index contributed by atoms with van der Waals surface area (Å²) in [4.78, 5) is 34.5. The van der Waals surface area contributed by atoms with Gasteiger partial charge in [-0.25, -0.2) is 0 Å². The molecule has 7 N–H and O–H groups in total. The predicted octanol–water partition coefficient (Wildman–Crippen LogP) is -2.27. The Bertz CT molecular complexity index is 585. The molecule has 0 aliphatic rings. The van der Waals surface area contributed by atoms with Gasteiger partial charge in [-0.2, -0.15) is 0 Å². The number of hydrogen-bond donors (Lipinski definition) is 6. The van der Waals surface area contributed by atoms with Gasteiger partial charge in [0.2, 0.25) is 0 Å². The third-order valence-corrected chi connectivity index (χ3v) is 3.27. The highest BCUT2D eigenvalue weighted by molar-refractivity contribution is 6.00. The Morgan fingerprint density at radius 1 is 1.00 bits per heavy atom. The summed E-state index contributed by atoms with van der Waals surface area (Å²) in [6, 6.07) is 1.38. The van der Waals surface area contributed by atoms with E-state index < -0.39 is 54.3 Å². The van der Waals surface area contributed by atoms with Crippen molar-refractivity contribution in [3.63, 3.8) is 0 Å². The molecule has 0 aliphatic heterocycles. The molecule has 11 heteroatoms. The molecule has 25 heavy (non-hydrogen) atoms. The number of rotatable bonds is 9. The molecule has 138 valence electrons. The Hall–Kier alpha value is -2.60. The molecule has 0 aromatic heterocycles. The number of carbonyl (C=O) groups excluding carboxylic acids is 2. The van der Waals surface area contributed by atoms with Crippen LogP contribution in [0.4, 0.5) is 5.69 Å². The molecule has 0 aliphatic carbocycles. The minimum atomic E-state index is -0.944. The largest absolute Gasteiger partial charge is 0.394 e. The summed E-state index contributed by atoms with van der Waals surface area (Å²) in [6.07, 6.45) is 0. The maximum Gasteiger partial charge on any atom is 0.271 e. The van der Waals surface area contributed by atoms with Crippen LogP contribution in [0.3, 0.4) is 0 Å². The number of nitrogens with zero attached hydrogens (tertiary/aromatic N) is 1. The number of hydrogen-bond acceptors (Lipinski definition) is 8. The van der Waals surface area contributed by atoms with E-state index in [1.807, 2.05) is 0 Å². The van der Waals surface area contributed by atoms with Crippen LogP contribution in [-0.2, 0) is 0 Å². The van der Waals surface area contributed by atoms with E-state index in [-0.39, 0.29) is 17.7 Å². The van der Waals surface area contributed by atoms with E-state index >= 15 is 0 Å². The fourth-order valence-corrected chi connectivity index (χ4v) is 1.84. The molecule has 0 radical (unpaired) electrons. The highest BCUT2D eigenvalue weighted by Gasteiger charge is 2.20. The fourth-order valence-electron chi connectivity index (χ4n) is 1.84. The van der Waals surface area contributed by atoms with Crippen LogP contribution in [0.25, 0.3) is 0 Å². The number of non-ortho nitro benzene ring substituents is 1. The van der Waals surface area contributed by atoms with Gasteiger partial charge >= 0.3 is 0 Å². The van der Waals surface area contributed by atoms with E-state index in [4.69, 9.17) is 21.1 Å². The number of nitro groups is 1. The number of nitrogens with one attached hydrogen (secondary N) is 2. The van der Waals surface area contributed by atoms with Crippen LogP contribution >= 0.6 is 0 Å². The monoisotopic (exact) mass is 356 g/mol. The van der Waals surface area contributed by atoms with Crippen molar-refractivity contribution >= 4 is 17.5 Å². The van der Waals surface area contributed by atoms with Gasteiger partial charge in [0, 0.05) is 29.8 Å². The Morgan fingerprint density at radius 2 is 1.44 bits per heavy atom. The third kappa shape index (κ3) is 5.76. The van der Waals surface area contributed by atoms with Gasteiger partial charge in [0.1, 0.15) is 0 Å². The molecule has 1 aromatic carbocycles. The summed E-state index contributed by atoms with van der Waals surface area (Å²) in [7, 11) is 0. The quantitative estimate of drug-likeness (QED) is 0.211. The normalized spacial score (nSPS) is 11.9. The van der Waals surface area contributed by atoms with Crippen LogP contribution < -0.4 is 16.4 Å². The first-order valence-corrected chi connectivity index (χ1v) is 7.30. The zero-order valence-electron chi connectivity index (χ0n) is 13.2. The lowest BCUT2D eigenvalue weighted by molar-refractivity contribution is -0.384. The lowest BCUT2D eigenvalue weighted by Crippen LogP contribution is -2.43. The second kappa shape index (κ2) is 9.64. The molecule has 1 rings (SSSR count). The number of nitrogens with two attached hydrogens (primary N) is 1. The van der Waals surface area contributed by atoms with Crippen LogP contribution in [0.15, 0.2) is 18.2 Å². The van der Waals surface area contributed by atoms with Gasteiger partial charge in [-0.3, -0.25) is 19.7 Å². The number of amides is 2. The lowest BCUT2D eigenvalue weighted by Gasteiger charge is -2.15. The molecule has 2 amide bonds. The van der Waals surface area contributed by atoms with E-state index in [9.17, 15) is 19.7 Å². The second-order valence-corrected chi connectivity index (χ2v) is 5.15. The van der Waals surface area contributed by atoms with Crippen LogP contribution in [0, 0.1) is 10.1 Å². The van der Waals surface area contributed by atoms with Crippen molar-refractivity contribution in [3.05, 3.63) is 39.4 Å². The maximum atomic E-state index is 12.1. The number of benzene rings is 1. The van der Waals surface area contributed by atoms with Crippen molar-refractivity contribution in [2.24, 2.45) is 5.73 Å². The van der Waals surface area contributed by atoms with E-state index in [1.54, 1.807) is 0 Å². The van der Waals surface area contributed by atoms with Gasteiger partial charge in [0.05, 0.1) is 36.8 Å². The van der Waals surface area contributed by atoms with Gasteiger partial charge in [0.15, 0.2) is 0 Å². The molecule has 0 bridgehead atoms. The molecule has 1 atom stereocenters. The highest BCUT2D eigenvalue weighted by atomic mass is 16.6. The Kier molecular flexibility index (Phi) is 7.88. The molecule has 0 saturated carbocycles. The van der Waals surface area contributed by atoms with E-state index in [0.29, 0.717) is 0 Å². The van der Waals surface area contributed by atoms with Crippen LogP contribution in [0.5, 0.6) is 0 Å². The van der Waals surface area contributed by atoms with E-state index in [2.05, 4.69) is 10.6 Å². The molecule has 0 spiro atoms. The molecule has 11 nitrogen and oxygen atoms in total. The van der Waals surface area contributed by atoms with Crippen LogP contribution in [0.1, 0.15) is 20.7 Å². The minimum absolute atomic E-state index is 0.0425. The molecular weight excluding hydrogens is 336 g/mol. The standard InChI is InChI=1S/C14H20N4O7/c15-4-10(5-19)16-13(22)8-1-9(3-12(2-8)18(24)25)14(23)17-11(6-20)7-21/h1-3,10-11,19-21H,4-7,15H2,(H,16,22)(H,17,23). The lowest BCUT2D eigenvalue weighted by atomic mass is 10.1. The van der Waals surface area contributed by atoms with Crippen molar-refractivity contribution in [3.8, 4) is 0 Å². The molecule has 0 saturated heterocycles. The first-order valence-electron chi connectivity index (χ1n) is 7.30. The molecule has 1 aromatic rings. The van der Waals surface area contributed by atoms with Crippen LogP contribution in [-0.4, -0.2) is 70.5 Å². The van der Waals surface area contributed by atoms with Crippen molar-refractivity contribution in [2.45, 2.75) is 12.1 Å². The number of aliphatic hydroxyl groups excluding tert-OH is 3. The number of aliphatic hydroxyl groups is 3. The summed E-state index contributed by atoms with van der Waals surface area (Å²) >= 11 is 0. The second-order valence-electron chi connectivity index (χ2n) is 5.15. The van der Waals surface area contributed by atoms with Gasteiger partial charge < -0.3 is 31.7 Å². The van der Waals surface area contributed by atoms with Gasteiger partial charge in [-0.1, -0.05) is 0 Å². The first-order chi connectivity index (χ1) is 11.9. The average molecular weight is 356 g/mol. The van der Waals surface area contributed by atoms with Gasteiger partial charge in [-0.05, 0) is 6.07 Å². The minimum Gasteiger partial charge on any atom is -0.394 e. The van der Waals surface area contributed by atoms with Crippen LogP contribution in [0.2, 0.25) is 0 Å². The maximum absolute atomic E-state index is 12.1. The highest BCUT2D eigenvalue weighted by Crippen LogP contribution is 2.18. The fraction of sp³-hybridized carbons (Fsp3) is 0.429. The van der Waals surface area contributed by atoms with Crippen molar-refractivity contribution in [1.29, 1.82) is 0 Å². The summed E-state index contributed by atoms with van der Waals surface area (Å²) in [5, 5.41) is 42.7.